The molecule has 0 aliphatic rings. The second-order valence-corrected chi connectivity index (χ2v) is 9.98. The minimum absolute atomic E-state index is 0.00504. The molecule has 2 amide bonds. The molecule has 2 N–H and O–H groups in total. The normalized spacial score (nSPS) is 11.1. The van der Waals surface area contributed by atoms with Crippen molar-refractivity contribution in [2.75, 3.05) is 25.6 Å². The first kappa shape index (κ1) is 31.5. The van der Waals surface area contributed by atoms with Crippen LogP contribution in [0.25, 0.3) is 6.08 Å². The summed E-state index contributed by atoms with van der Waals surface area (Å²) in [6, 6.07) is 27.5. The van der Waals surface area contributed by atoms with E-state index in [9.17, 15) is 14.4 Å². The number of amides is 2. The van der Waals surface area contributed by atoms with Gasteiger partial charge in [0, 0.05) is 25.3 Å². The predicted octanol–water partition coefficient (Wildman–Crippen LogP) is 5.95. The highest BCUT2D eigenvalue weighted by molar-refractivity contribution is 6.33. The second-order valence-electron chi connectivity index (χ2n) is 9.57. The number of nitrogens with zero attached hydrogens (tertiary/aromatic N) is 2. The lowest BCUT2D eigenvalue weighted by Crippen LogP contribution is -2.32. The van der Waals surface area contributed by atoms with Crippen LogP contribution < -0.4 is 25.1 Å². The van der Waals surface area contributed by atoms with E-state index in [4.69, 9.17) is 21.1 Å². The summed E-state index contributed by atoms with van der Waals surface area (Å²) in [7, 11) is 3.86. The standard InChI is InChI=1S/C34H31ClN4O5/c1-4-43-31-21-24(16-19-30(31)44-34(42)27-12-8-9-13-28(27)35)22-36-38-33(41)29(37-32(40)25-10-6-5-7-11-25)20-23-14-17-26(18-15-23)39(2)3/h5-22H,4H2,1-3H3,(H,37,40)(H,38,41). The van der Waals surface area contributed by atoms with Gasteiger partial charge in [-0.05, 0) is 78.7 Å². The number of hydrazone groups is 1. The fourth-order valence-electron chi connectivity index (χ4n) is 3.94. The zero-order chi connectivity index (χ0) is 31.5. The molecule has 0 bridgehead atoms. The summed E-state index contributed by atoms with van der Waals surface area (Å²) in [5, 5.41) is 7.02. The number of carbonyl (C=O) groups is 3. The molecule has 0 spiro atoms. The van der Waals surface area contributed by atoms with Crippen molar-refractivity contribution in [3.63, 3.8) is 0 Å². The van der Waals surface area contributed by atoms with E-state index in [0.29, 0.717) is 29.0 Å². The zero-order valence-electron chi connectivity index (χ0n) is 24.4. The van der Waals surface area contributed by atoms with Crippen molar-refractivity contribution >= 4 is 47.4 Å². The summed E-state index contributed by atoms with van der Waals surface area (Å²) in [6.45, 7) is 2.12. The zero-order valence-corrected chi connectivity index (χ0v) is 25.2. The van der Waals surface area contributed by atoms with Gasteiger partial charge in [-0.15, -0.1) is 0 Å². The minimum Gasteiger partial charge on any atom is -0.490 e. The van der Waals surface area contributed by atoms with Gasteiger partial charge in [0.25, 0.3) is 11.8 Å². The SMILES string of the molecule is CCOc1cc(C=NNC(=O)C(=Cc2ccc(N(C)C)cc2)NC(=O)c2ccccc2)ccc1OC(=O)c1ccccc1Cl. The van der Waals surface area contributed by atoms with Crippen LogP contribution in [-0.2, 0) is 4.79 Å². The van der Waals surface area contributed by atoms with Gasteiger partial charge in [-0.3, -0.25) is 9.59 Å². The molecule has 0 aliphatic heterocycles. The lowest BCUT2D eigenvalue weighted by Gasteiger charge is -2.13. The summed E-state index contributed by atoms with van der Waals surface area (Å²) in [5.41, 5.74) is 5.35. The number of carbonyl (C=O) groups excluding carboxylic acids is 3. The Bertz CT molecular complexity index is 1690. The molecule has 0 unspecified atom stereocenters. The van der Waals surface area contributed by atoms with Crippen LogP contribution in [-0.4, -0.2) is 44.7 Å². The van der Waals surface area contributed by atoms with Crippen LogP contribution in [0.1, 0.15) is 38.8 Å². The Morgan fingerprint density at radius 3 is 2.23 bits per heavy atom. The van der Waals surface area contributed by atoms with E-state index in [1.807, 2.05) is 43.3 Å². The van der Waals surface area contributed by atoms with Gasteiger partial charge >= 0.3 is 5.97 Å². The Kier molecular flexibility index (Phi) is 10.9. The fourth-order valence-corrected chi connectivity index (χ4v) is 4.16. The summed E-state index contributed by atoms with van der Waals surface area (Å²) >= 11 is 6.13. The molecule has 0 aromatic heterocycles. The van der Waals surface area contributed by atoms with Gasteiger partial charge in [-0.1, -0.05) is 54.1 Å². The van der Waals surface area contributed by atoms with E-state index in [2.05, 4.69) is 15.8 Å². The number of halogens is 1. The highest BCUT2D eigenvalue weighted by Gasteiger charge is 2.17. The first-order chi connectivity index (χ1) is 21.2. The quantitative estimate of drug-likeness (QED) is 0.0715. The van der Waals surface area contributed by atoms with Crippen molar-refractivity contribution in [3.05, 3.63) is 130 Å². The monoisotopic (exact) mass is 610 g/mol. The van der Waals surface area contributed by atoms with Crippen molar-refractivity contribution in [3.8, 4) is 11.5 Å². The molecule has 224 valence electrons. The van der Waals surface area contributed by atoms with E-state index in [1.165, 1.54) is 6.21 Å². The van der Waals surface area contributed by atoms with Gasteiger partial charge < -0.3 is 19.7 Å². The van der Waals surface area contributed by atoms with Crippen LogP contribution in [0, 0.1) is 0 Å². The maximum absolute atomic E-state index is 13.2. The summed E-state index contributed by atoms with van der Waals surface area (Å²) in [4.78, 5) is 40.7. The molecule has 0 saturated carbocycles. The van der Waals surface area contributed by atoms with Crippen LogP contribution in [0.5, 0.6) is 11.5 Å². The molecule has 4 aromatic carbocycles. The van der Waals surface area contributed by atoms with Gasteiger partial charge in [0.05, 0.1) is 23.4 Å². The smallest absolute Gasteiger partial charge is 0.345 e. The molecule has 0 radical (unpaired) electrons. The minimum atomic E-state index is -0.627. The molecule has 0 heterocycles. The van der Waals surface area contributed by atoms with E-state index in [0.717, 1.165) is 5.69 Å². The molecule has 0 saturated heterocycles. The Morgan fingerprint density at radius 2 is 1.55 bits per heavy atom. The maximum atomic E-state index is 13.2. The lowest BCUT2D eigenvalue weighted by atomic mass is 10.1. The Hall–Kier alpha value is -5.41. The van der Waals surface area contributed by atoms with Gasteiger partial charge in [0.2, 0.25) is 0 Å². The number of hydrogen-bond donors (Lipinski definition) is 2. The molecule has 0 aliphatic carbocycles. The largest absolute Gasteiger partial charge is 0.490 e. The average molecular weight is 611 g/mol. The fraction of sp³-hybridized carbons (Fsp3) is 0.118. The van der Waals surface area contributed by atoms with Gasteiger partial charge in [0.15, 0.2) is 11.5 Å². The molecule has 4 rings (SSSR count). The van der Waals surface area contributed by atoms with Crippen LogP contribution in [0.3, 0.4) is 0 Å². The molecule has 10 heteroatoms. The number of esters is 1. The first-order valence-corrected chi connectivity index (χ1v) is 14.1. The van der Waals surface area contributed by atoms with Gasteiger partial charge in [0.1, 0.15) is 5.70 Å². The Labute approximate surface area is 260 Å². The third-order valence-corrected chi connectivity index (χ3v) is 6.52. The van der Waals surface area contributed by atoms with Crippen molar-refractivity contribution < 1.29 is 23.9 Å². The van der Waals surface area contributed by atoms with E-state index < -0.39 is 17.8 Å². The third kappa shape index (κ3) is 8.56. The Morgan fingerprint density at radius 1 is 0.864 bits per heavy atom. The molecule has 9 nitrogen and oxygen atoms in total. The number of benzene rings is 4. The Balaban J connectivity index is 1.51. The van der Waals surface area contributed by atoms with Gasteiger partial charge in [-0.25, -0.2) is 10.2 Å². The molecule has 44 heavy (non-hydrogen) atoms. The van der Waals surface area contributed by atoms with Crippen LogP contribution in [0.15, 0.2) is 108 Å². The average Bonchev–Trinajstić information content (AvgIpc) is 3.02. The van der Waals surface area contributed by atoms with Crippen molar-refractivity contribution in [2.45, 2.75) is 6.92 Å². The second kappa shape index (κ2) is 15.2. The number of hydrogen-bond acceptors (Lipinski definition) is 7. The first-order valence-electron chi connectivity index (χ1n) is 13.7. The van der Waals surface area contributed by atoms with Crippen molar-refractivity contribution in [1.82, 2.24) is 10.7 Å². The third-order valence-electron chi connectivity index (χ3n) is 6.19. The molecular weight excluding hydrogens is 580 g/mol. The molecule has 0 fully saturated rings. The van der Waals surface area contributed by atoms with Crippen molar-refractivity contribution in [1.29, 1.82) is 0 Å². The summed E-state index contributed by atoms with van der Waals surface area (Å²) in [5.74, 6) is -1.19. The summed E-state index contributed by atoms with van der Waals surface area (Å²) in [6.07, 6.45) is 2.98. The predicted molar refractivity (Wildman–Crippen MR) is 172 cm³/mol. The number of ether oxygens (including phenoxy) is 2. The number of nitrogens with one attached hydrogen (secondary N) is 2. The van der Waals surface area contributed by atoms with E-state index >= 15 is 0 Å². The maximum Gasteiger partial charge on any atom is 0.345 e. The lowest BCUT2D eigenvalue weighted by molar-refractivity contribution is -0.117. The van der Waals surface area contributed by atoms with Crippen molar-refractivity contribution in [2.24, 2.45) is 5.10 Å². The highest BCUT2D eigenvalue weighted by Crippen LogP contribution is 2.29. The van der Waals surface area contributed by atoms with Crippen LogP contribution >= 0.6 is 11.6 Å². The van der Waals surface area contributed by atoms with Crippen LogP contribution in [0.2, 0.25) is 5.02 Å². The van der Waals surface area contributed by atoms with Crippen LogP contribution in [0.4, 0.5) is 5.69 Å². The number of rotatable bonds is 11. The topological polar surface area (TPSA) is 109 Å². The molecule has 4 aromatic rings. The molecular formula is C34H31ClN4O5. The van der Waals surface area contributed by atoms with E-state index in [-0.39, 0.29) is 22.0 Å². The molecule has 0 atom stereocenters. The highest BCUT2D eigenvalue weighted by atomic mass is 35.5. The van der Waals surface area contributed by atoms with Gasteiger partial charge in [-0.2, -0.15) is 5.10 Å². The summed E-state index contributed by atoms with van der Waals surface area (Å²) < 4.78 is 11.2. The number of anilines is 1. The van der Waals surface area contributed by atoms with E-state index in [1.54, 1.807) is 85.8 Å².